The zero-order valence-corrected chi connectivity index (χ0v) is 9.70. The van der Waals surface area contributed by atoms with Crippen LogP contribution in [0.15, 0.2) is 19.5 Å². The predicted octanol–water partition coefficient (Wildman–Crippen LogP) is 3.46. The summed E-state index contributed by atoms with van der Waals surface area (Å²) in [7, 11) is 0. The Balaban J connectivity index is 0. The summed E-state index contributed by atoms with van der Waals surface area (Å²) in [5, 5.41) is 3.82. The van der Waals surface area contributed by atoms with Gasteiger partial charge in [0.2, 0.25) is 0 Å². The number of rotatable bonds is 2. The molecule has 0 amide bonds. The van der Waals surface area contributed by atoms with Gasteiger partial charge in [0.25, 0.3) is 0 Å². The molecule has 0 bridgehead atoms. The van der Waals surface area contributed by atoms with Crippen LogP contribution in [0.3, 0.4) is 0 Å². The van der Waals surface area contributed by atoms with Gasteiger partial charge in [0.05, 0.1) is 0 Å². The summed E-state index contributed by atoms with van der Waals surface area (Å²) in [4.78, 5) is 3.87. The maximum Gasteiger partial charge on any atom is 0.154 e. The molecule has 1 rings (SSSR count). The summed E-state index contributed by atoms with van der Waals surface area (Å²) in [5.41, 5.74) is 0. The normalized spacial score (nSPS) is 7.43. The van der Waals surface area contributed by atoms with Gasteiger partial charge in [-0.2, -0.15) is 5.10 Å². The van der Waals surface area contributed by atoms with Gasteiger partial charge in [-0.3, -0.25) is 0 Å². The van der Waals surface area contributed by atoms with E-state index in [1.54, 1.807) is 17.0 Å². The van der Waals surface area contributed by atoms with Gasteiger partial charge in [0.15, 0.2) is 5.82 Å². The summed E-state index contributed by atoms with van der Waals surface area (Å²) in [6.07, 6.45) is 5.90. The summed E-state index contributed by atoms with van der Waals surface area (Å²) in [6, 6.07) is 0. The second-order valence-corrected chi connectivity index (χ2v) is 2.16. The zero-order valence-electron chi connectivity index (χ0n) is 9.70. The van der Waals surface area contributed by atoms with E-state index in [9.17, 15) is 0 Å². The van der Waals surface area contributed by atoms with Crippen LogP contribution >= 0.6 is 0 Å². The number of hydrogen-bond acceptors (Lipinski definition) is 2. The monoisotopic (exact) mass is 195 g/mol. The van der Waals surface area contributed by atoms with Crippen LogP contribution in [0.4, 0.5) is 0 Å². The van der Waals surface area contributed by atoms with E-state index >= 15 is 0 Å². The third-order valence-electron chi connectivity index (χ3n) is 0.956. The molecule has 1 heterocycles. The molecule has 0 saturated carbocycles. The van der Waals surface area contributed by atoms with Crippen molar-refractivity contribution < 1.29 is 0 Å². The van der Waals surface area contributed by atoms with Crippen LogP contribution < -0.4 is 0 Å². The first kappa shape index (κ1) is 15.1. The molecule has 0 spiro atoms. The first-order chi connectivity index (χ1) is 6.79. The van der Waals surface area contributed by atoms with E-state index in [1.165, 1.54) is 12.7 Å². The maximum absolute atomic E-state index is 3.87. The molecule has 14 heavy (non-hydrogen) atoms. The van der Waals surface area contributed by atoms with Gasteiger partial charge < -0.3 is 0 Å². The second kappa shape index (κ2) is 11.6. The third-order valence-corrected chi connectivity index (χ3v) is 0.956. The molecule has 0 unspecified atom stereocenters. The maximum atomic E-state index is 3.87. The van der Waals surface area contributed by atoms with Crippen molar-refractivity contribution in [3.8, 4) is 0 Å². The minimum atomic E-state index is 0.713. The Labute approximate surface area is 87.2 Å². The van der Waals surface area contributed by atoms with Crippen LogP contribution in [0.25, 0.3) is 12.3 Å². The SMILES string of the molecule is C=Cc1ncnn1C=C.CC.CCC. The van der Waals surface area contributed by atoms with Crippen LogP contribution in [0, 0.1) is 0 Å². The second-order valence-electron chi connectivity index (χ2n) is 2.16. The van der Waals surface area contributed by atoms with E-state index in [2.05, 4.69) is 37.1 Å². The lowest BCUT2D eigenvalue weighted by Gasteiger charge is -1.88. The van der Waals surface area contributed by atoms with Crippen molar-refractivity contribution in [1.82, 2.24) is 14.8 Å². The molecule has 0 aromatic carbocycles. The fraction of sp³-hybridized carbons (Fsp3) is 0.455. The first-order valence-corrected chi connectivity index (χ1v) is 4.94. The van der Waals surface area contributed by atoms with Crippen molar-refractivity contribution in [2.24, 2.45) is 0 Å². The minimum Gasteiger partial charge on any atom is -0.222 e. The van der Waals surface area contributed by atoms with Gasteiger partial charge in [-0.15, -0.1) is 0 Å². The van der Waals surface area contributed by atoms with Crippen molar-refractivity contribution >= 4 is 12.3 Å². The van der Waals surface area contributed by atoms with Crippen LogP contribution in [0.2, 0.25) is 0 Å². The Bertz CT molecular complexity index is 216. The molecule has 0 aliphatic rings. The third kappa shape index (κ3) is 6.17. The molecule has 1 aromatic heterocycles. The number of nitrogens with zero attached hydrogens (tertiary/aromatic N) is 3. The van der Waals surface area contributed by atoms with Gasteiger partial charge >= 0.3 is 0 Å². The summed E-state index contributed by atoms with van der Waals surface area (Å²) in [6.45, 7) is 15.3. The Morgan fingerprint density at radius 2 is 1.86 bits per heavy atom. The molecule has 0 saturated heterocycles. The van der Waals surface area contributed by atoms with Crippen molar-refractivity contribution in [2.45, 2.75) is 34.1 Å². The smallest absolute Gasteiger partial charge is 0.154 e. The van der Waals surface area contributed by atoms with E-state index < -0.39 is 0 Å². The Kier molecular flexibility index (Phi) is 12.5. The zero-order chi connectivity index (χ0) is 11.4. The molecule has 3 heteroatoms. The molecular weight excluding hydrogens is 174 g/mol. The standard InChI is InChI=1S/C6H7N3.C3H8.C2H6/c1-3-6-7-5-8-9(6)4-2;1-3-2;1-2/h3-5H,1-2H2;3H2,1-2H3;1-2H3. The molecule has 0 fully saturated rings. The number of aromatic nitrogens is 3. The molecule has 3 nitrogen and oxygen atoms in total. The Hall–Kier alpha value is -1.38. The van der Waals surface area contributed by atoms with Crippen LogP contribution in [-0.2, 0) is 0 Å². The predicted molar refractivity (Wildman–Crippen MR) is 63.8 cm³/mol. The van der Waals surface area contributed by atoms with Crippen molar-refractivity contribution in [1.29, 1.82) is 0 Å². The van der Waals surface area contributed by atoms with E-state index in [0.29, 0.717) is 5.82 Å². The van der Waals surface area contributed by atoms with E-state index in [-0.39, 0.29) is 0 Å². The lowest BCUT2D eigenvalue weighted by molar-refractivity contribution is 0.924. The molecule has 0 N–H and O–H groups in total. The van der Waals surface area contributed by atoms with Gasteiger partial charge in [0, 0.05) is 6.20 Å². The first-order valence-electron chi connectivity index (χ1n) is 4.94. The lowest BCUT2D eigenvalue weighted by atomic mass is 10.6. The molecular formula is C11H21N3. The molecule has 0 aliphatic heterocycles. The summed E-state index contributed by atoms with van der Waals surface area (Å²) >= 11 is 0. The van der Waals surface area contributed by atoms with Crippen LogP contribution in [0.5, 0.6) is 0 Å². The average molecular weight is 195 g/mol. The van der Waals surface area contributed by atoms with Gasteiger partial charge in [-0.05, 0) is 6.08 Å². The van der Waals surface area contributed by atoms with Gasteiger partial charge in [0.1, 0.15) is 6.33 Å². The van der Waals surface area contributed by atoms with E-state index in [0.717, 1.165) is 0 Å². The minimum absolute atomic E-state index is 0.713. The summed E-state index contributed by atoms with van der Waals surface area (Å²) in [5.74, 6) is 0.713. The highest BCUT2D eigenvalue weighted by Gasteiger charge is 1.91. The number of hydrogen-bond donors (Lipinski definition) is 0. The van der Waals surface area contributed by atoms with Crippen molar-refractivity contribution in [3.63, 3.8) is 0 Å². The van der Waals surface area contributed by atoms with Gasteiger partial charge in [-0.25, -0.2) is 9.67 Å². The lowest BCUT2D eigenvalue weighted by Crippen LogP contribution is -1.89. The molecule has 80 valence electrons. The fourth-order valence-corrected chi connectivity index (χ4v) is 0.546. The molecule has 0 radical (unpaired) electrons. The van der Waals surface area contributed by atoms with E-state index in [1.807, 2.05) is 13.8 Å². The van der Waals surface area contributed by atoms with Gasteiger partial charge in [-0.1, -0.05) is 47.3 Å². The highest BCUT2D eigenvalue weighted by atomic mass is 15.3. The van der Waals surface area contributed by atoms with Crippen LogP contribution in [-0.4, -0.2) is 14.8 Å². The largest absolute Gasteiger partial charge is 0.222 e. The van der Waals surface area contributed by atoms with Crippen molar-refractivity contribution in [3.05, 3.63) is 25.3 Å². The molecule has 0 atom stereocenters. The highest BCUT2D eigenvalue weighted by Crippen LogP contribution is 1.93. The topological polar surface area (TPSA) is 30.7 Å². The fourth-order valence-electron chi connectivity index (χ4n) is 0.546. The summed E-state index contributed by atoms with van der Waals surface area (Å²) < 4.78 is 1.55. The Morgan fingerprint density at radius 1 is 1.36 bits per heavy atom. The van der Waals surface area contributed by atoms with Crippen LogP contribution in [0.1, 0.15) is 39.9 Å². The quantitative estimate of drug-likeness (QED) is 0.723. The molecule has 0 aliphatic carbocycles. The average Bonchev–Trinajstić information content (AvgIpc) is 2.69. The van der Waals surface area contributed by atoms with Crippen molar-refractivity contribution in [2.75, 3.05) is 0 Å². The van der Waals surface area contributed by atoms with E-state index in [4.69, 9.17) is 0 Å². The Morgan fingerprint density at radius 3 is 2.14 bits per heavy atom. The molecule has 1 aromatic rings. The highest BCUT2D eigenvalue weighted by molar-refractivity contribution is 5.39.